The predicted octanol–water partition coefficient (Wildman–Crippen LogP) is 1.59. The zero-order chi connectivity index (χ0) is 24.0. The minimum Gasteiger partial charge on any atom is -0.452 e. The van der Waals surface area contributed by atoms with E-state index in [9.17, 15) is 24.0 Å². The van der Waals surface area contributed by atoms with Crippen molar-refractivity contribution in [3.05, 3.63) is 69.7 Å². The quantitative estimate of drug-likeness (QED) is 0.257. The van der Waals surface area contributed by atoms with E-state index < -0.39 is 36.2 Å². The lowest BCUT2D eigenvalue weighted by atomic mass is 10.1. The lowest BCUT2D eigenvalue weighted by molar-refractivity contribution is -0.125. The van der Waals surface area contributed by atoms with Gasteiger partial charge in [0.05, 0.1) is 16.7 Å². The Morgan fingerprint density at radius 3 is 2.30 bits per heavy atom. The maximum atomic E-state index is 12.5. The summed E-state index contributed by atoms with van der Waals surface area (Å²) >= 11 is 5.75. The van der Waals surface area contributed by atoms with Crippen molar-refractivity contribution in [1.29, 1.82) is 0 Å². The van der Waals surface area contributed by atoms with E-state index in [1.165, 1.54) is 49.6 Å². The summed E-state index contributed by atoms with van der Waals surface area (Å²) in [5, 5.41) is 0.457. The minimum absolute atomic E-state index is 0.00615. The third kappa shape index (κ3) is 5.73. The number of methoxy groups -OCH3 is 1. The Hall–Kier alpha value is -3.76. The van der Waals surface area contributed by atoms with Crippen LogP contribution < -0.4 is 10.9 Å². The molecule has 0 spiro atoms. The molecule has 11 heteroatoms. The molecule has 0 unspecified atom stereocenters. The van der Waals surface area contributed by atoms with Crippen LogP contribution in [0.4, 0.5) is 0 Å². The highest BCUT2D eigenvalue weighted by molar-refractivity contribution is 6.30. The van der Waals surface area contributed by atoms with E-state index >= 15 is 0 Å². The lowest BCUT2D eigenvalue weighted by Gasteiger charge is -2.12. The molecule has 0 atom stereocenters. The molecule has 1 aliphatic heterocycles. The molecule has 0 fully saturated rings. The number of rotatable bonds is 8. The van der Waals surface area contributed by atoms with Crippen molar-refractivity contribution >= 4 is 41.2 Å². The fraction of sp³-hybridized carbons (Fsp3) is 0.227. The highest BCUT2D eigenvalue weighted by Gasteiger charge is 2.35. The second-order valence-electron chi connectivity index (χ2n) is 6.95. The molecule has 1 aliphatic rings. The van der Waals surface area contributed by atoms with Crippen molar-refractivity contribution < 1.29 is 33.4 Å². The molecule has 0 saturated carbocycles. The molecule has 0 aliphatic carbocycles. The zero-order valence-electron chi connectivity index (χ0n) is 17.6. The minimum atomic E-state index is -0.866. The van der Waals surface area contributed by atoms with Crippen LogP contribution >= 0.6 is 11.6 Å². The van der Waals surface area contributed by atoms with Crippen LogP contribution in [0.3, 0.4) is 0 Å². The van der Waals surface area contributed by atoms with Crippen LogP contribution in [0, 0.1) is 0 Å². The van der Waals surface area contributed by atoms with Gasteiger partial charge in [-0.3, -0.25) is 34.9 Å². The summed E-state index contributed by atoms with van der Waals surface area (Å²) in [6.07, 6.45) is 0.487. The van der Waals surface area contributed by atoms with Gasteiger partial charge in [-0.1, -0.05) is 11.6 Å². The number of hydrazine groups is 1. The first-order valence-corrected chi connectivity index (χ1v) is 10.2. The van der Waals surface area contributed by atoms with Crippen molar-refractivity contribution in [2.45, 2.75) is 6.42 Å². The van der Waals surface area contributed by atoms with Gasteiger partial charge in [0.2, 0.25) is 0 Å². The van der Waals surface area contributed by atoms with Crippen molar-refractivity contribution in [2.24, 2.45) is 0 Å². The average molecular weight is 474 g/mol. The Morgan fingerprint density at radius 2 is 1.61 bits per heavy atom. The maximum absolute atomic E-state index is 12.5. The number of fused-ring (bicyclic) bond motifs is 1. The highest BCUT2D eigenvalue weighted by atomic mass is 35.5. The first-order chi connectivity index (χ1) is 15.8. The summed E-state index contributed by atoms with van der Waals surface area (Å²) in [6, 6.07) is 9.96. The molecule has 0 aromatic heterocycles. The number of nitrogens with zero attached hydrogens (tertiary/aromatic N) is 1. The zero-order valence-corrected chi connectivity index (χ0v) is 18.3. The van der Waals surface area contributed by atoms with Crippen LogP contribution in [-0.2, 0) is 14.3 Å². The van der Waals surface area contributed by atoms with Gasteiger partial charge in [0.1, 0.15) is 0 Å². The Labute approximate surface area is 193 Å². The second kappa shape index (κ2) is 10.7. The molecule has 2 aromatic rings. The third-order valence-corrected chi connectivity index (χ3v) is 4.94. The number of halogens is 1. The summed E-state index contributed by atoms with van der Waals surface area (Å²) in [5.74, 6) is -3.18. The van der Waals surface area contributed by atoms with Crippen molar-refractivity contribution in [3.63, 3.8) is 0 Å². The van der Waals surface area contributed by atoms with E-state index in [4.69, 9.17) is 21.1 Å². The van der Waals surface area contributed by atoms with Crippen LogP contribution in [0.1, 0.15) is 47.9 Å². The summed E-state index contributed by atoms with van der Waals surface area (Å²) in [4.78, 5) is 62.1. The molecular weight excluding hydrogens is 454 g/mol. The standard InChI is InChI=1S/C22H20ClN3O7/c1-32-10-2-9-26-20(29)16-8-5-14(11-17(16)21(26)30)22(31)33-12-18(27)24-25-19(28)13-3-6-15(23)7-4-13/h3-8,11H,2,9-10,12H2,1H3,(H,24,27)(H,25,28). The van der Waals surface area contributed by atoms with Gasteiger partial charge in [-0.15, -0.1) is 0 Å². The molecular formula is C22H20ClN3O7. The summed E-state index contributed by atoms with van der Waals surface area (Å²) in [7, 11) is 1.52. The molecule has 0 bridgehead atoms. The van der Waals surface area contributed by atoms with Gasteiger partial charge in [0.25, 0.3) is 23.6 Å². The van der Waals surface area contributed by atoms with Crippen LogP contribution in [0.15, 0.2) is 42.5 Å². The van der Waals surface area contributed by atoms with E-state index in [2.05, 4.69) is 10.9 Å². The van der Waals surface area contributed by atoms with Gasteiger partial charge in [0, 0.05) is 30.8 Å². The van der Waals surface area contributed by atoms with Gasteiger partial charge in [-0.2, -0.15) is 0 Å². The summed E-state index contributed by atoms with van der Waals surface area (Å²) in [5.41, 5.74) is 4.86. The SMILES string of the molecule is COCCCN1C(=O)c2ccc(C(=O)OCC(=O)NNC(=O)c3ccc(Cl)cc3)cc2C1=O. The van der Waals surface area contributed by atoms with Gasteiger partial charge >= 0.3 is 5.97 Å². The number of imide groups is 1. The van der Waals surface area contributed by atoms with Gasteiger partial charge in [-0.05, 0) is 48.9 Å². The monoisotopic (exact) mass is 473 g/mol. The number of ether oxygens (including phenoxy) is 2. The molecule has 2 N–H and O–H groups in total. The van der Waals surface area contributed by atoms with Crippen LogP contribution in [0.5, 0.6) is 0 Å². The van der Waals surface area contributed by atoms with E-state index in [0.717, 1.165) is 4.90 Å². The van der Waals surface area contributed by atoms with E-state index in [0.29, 0.717) is 18.1 Å². The van der Waals surface area contributed by atoms with Crippen LogP contribution in [0.25, 0.3) is 0 Å². The molecule has 1 heterocycles. The van der Waals surface area contributed by atoms with Crippen LogP contribution in [-0.4, -0.2) is 61.4 Å². The Kier molecular flexibility index (Phi) is 7.75. The maximum Gasteiger partial charge on any atom is 0.338 e. The molecule has 10 nitrogen and oxygen atoms in total. The Morgan fingerprint density at radius 1 is 0.939 bits per heavy atom. The second-order valence-corrected chi connectivity index (χ2v) is 7.39. The highest BCUT2D eigenvalue weighted by Crippen LogP contribution is 2.24. The smallest absolute Gasteiger partial charge is 0.338 e. The van der Waals surface area contributed by atoms with Gasteiger partial charge in [-0.25, -0.2) is 4.79 Å². The fourth-order valence-corrected chi connectivity index (χ4v) is 3.16. The molecule has 0 saturated heterocycles. The first-order valence-electron chi connectivity index (χ1n) is 9.83. The van der Waals surface area contributed by atoms with Crippen molar-refractivity contribution in [3.8, 4) is 0 Å². The molecule has 3 rings (SSSR count). The van der Waals surface area contributed by atoms with E-state index in [1.54, 1.807) is 0 Å². The average Bonchev–Trinajstić information content (AvgIpc) is 3.05. The number of hydrogen-bond acceptors (Lipinski definition) is 7. The number of nitrogens with one attached hydrogen (secondary N) is 2. The molecule has 172 valence electrons. The van der Waals surface area contributed by atoms with Crippen molar-refractivity contribution in [1.82, 2.24) is 15.8 Å². The fourth-order valence-electron chi connectivity index (χ4n) is 3.04. The third-order valence-electron chi connectivity index (χ3n) is 4.69. The molecule has 2 aromatic carbocycles. The Bertz CT molecular complexity index is 1100. The number of carbonyl (C=O) groups is 5. The number of benzene rings is 2. The van der Waals surface area contributed by atoms with Gasteiger partial charge < -0.3 is 9.47 Å². The van der Waals surface area contributed by atoms with E-state index in [-0.39, 0.29) is 28.8 Å². The number of esters is 1. The molecule has 0 radical (unpaired) electrons. The van der Waals surface area contributed by atoms with Crippen molar-refractivity contribution in [2.75, 3.05) is 26.9 Å². The topological polar surface area (TPSA) is 131 Å². The van der Waals surface area contributed by atoms with E-state index in [1.807, 2.05) is 0 Å². The lowest BCUT2D eigenvalue weighted by Crippen LogP contribution is -2.43. The molecule has 33 heavy (non-hydrogen) atoms. The predicted molar refractivity (Wildman–Crippen MR) is 116 cm³/mol. The Balaban J connectivity index is 1.52. The van der Waals surface area contributed by atoms with Crippen LogP contribution in [0.2, 0.25) is 5.02 Å². The normalized spacial score (nSPS) is 12.4. The van der Waals surface area contributed by atoms with Gasteiger partial charge in [0.15, 0.2) is 6.61 Å². The largest absolute Gasteiger partial charge is 0.452 e. The summed E-state index contributed by atoms with van der Waals surface area (Å²) in [6.45, 7) is -0.0814. The first kappa shape index (κ1) is 23.9. The summed E-state index contributed by atoms with van der Waals surface area (Å²) < 4.78 is 9.86. The number of carbonyl (C=O) groups excluding carboxylic acids is 5. The number of amides is 4. The molecule has 4 amide bonds. The number of hydrogen-bond donors (Lipinski definition) is 2.